The maximum atomic E-state index is 12.4. The van der Waals surface area contributed by atoms with E-state index in [1.165, 1.54) is 23.3 Å². The summed E-state index contributed by atoms with van der Waals surface area (Å²) in [7, 11) is 0. The van der Waals surface area contributed by atoms with Gasteiger partial charge in [-0.3, -0.25) is 14.9 Å². The molecule has 2 aromatic rings. The van der Waals surface area contributed by atoms with Crippen molar-refractivity contribution in [3.63, 3.8) is 0 Å². The third kappa shape index (κ3) is 3.62. The number of aryl methyl sites for hydroxylation is 4. The van der Waals surface area contributed by atoms with Crippen molar-refractivity contribution in [2.24, 2.45) is 0 Å². The second-order valence-electron chi connectivity index (χ2n) is 6.25. The third-order valence-electron chi connectivity index (χ3n) is 4.35. The monoisotopic (exact) mass is 326 g/mol. The molecule has 24 heavy (non-hydrogen) atoms. The molecule has 2 aromatic carbocycles. The van der Waals surface area contributed by atoms with Gasteiger partial charge in [0.05, 0.1) is 11.0 Å². The summed E-state index contributed by atoms with van der Waals surface area (Å²) < 4.78 is 0. The molecule has 0 saturated carbocycles. The van der Waals surface area contributed by atoms with Crippen LogP contribution in [-0.2, 0) is 0 Å². The fourth-order valence-corrected chi connectivity index (χ4v) is 2.81. The lowest BCUT2D eigenvalue weighted by Gasteiger charge is -2.18. The molecule has 126 valence electrons. The Balaban J connectivity index is 2.22. The van der Waals surface area contributed by atoms with Crippen molar-refractivity contribution in [3.8, 4) is 0 Å². The molecule has 0 aliphatic carbocycles. The highest BCUT2D eigenvalue weighted by Gasteiger charge is 2.17. The number of amides is 1. The zero-order chi connectivity index (χ0) is 18.0. The van der Waals surface area contributed by atoms with E-state index >= 15 is 0 Å². The van der Waals surface area contributed by atoms with E-state index in [-0.39, 0.29) is 17.6 Å². The number of nitrogens with one attached hydrogen (secondary N) is 1. The van der Waals surface area contributed by atoms with E-state index in [0.717, 1.165) is 11.1 Å². The van der Waals surface area contributed by atoms with Gasteiger partial charge in [-0.05, 0) is 69.0 Å². The molecule has 5 heteroatoms. The summed E-state index contributed by atoms with van der Waals surface area (Å²) in [5.41, 5.74) is 5.53. The Labute approximate surface area is 141 Å². The molecule has 0 fully saturated rings. The molecule has 0 heterocycles. The predicted molar refractivity (Wildman–Crippen MR) is 94.4 cm³/mol. The molecule has 1 N–H and O–H groups in total. The zero-order valence-corrected chi connectivity index (χ0v) is 14.6. The van der Waals surface area contributed by atoms with Crippen LogP contribution in [0.2, 0.25) is 0 Å². The van der Waals surface area contributed by atoms with Crippen molar-refractivity contribution >= 4 is 11.6 Å². The smallest absolute Gasteiger partial charge is 0.272 e. The molecular formula is C19H22N2O3. The molecule has 0 radical (unpaired) electrons. The number of nitro groups is 1. The lowest BCUT2D eigenvalue weighted by atomic mass is 9.96. The van der Waals surface area contributed by atoms with Gasteiger partial charge in [0.25, 0.3) is 11.6 Å². The van der Waals surface area contributed by atoms with Gasteiger partial charge in [0.15, 0.2) is 0 Å². The average Bonchev–Trinajstić information content (AvgIpc) is 2.50. The van der Waals surface area contributed by atoms with Gasteiger partial charge >= 0.3 is 0 Å². The average molecular weight is 326 g/mol. The molecule has 0 spiro atoms. The van der Waals surface area contributed by atoms with Crippen molar-refractivity contribution in [2.75, 3.05) is 0 Å². The fourth-order valence-electron chi connectivity index (χ4n) is 2.81. The number of hydrogen-bond donors (Lipinski definition) is 1. The van der Waals surface area contributed by atoms with Crippen LogP contribution in [0.15, 0.2) is 30.3 Å². The van der Waals surface area contributed by atoms with Crippen LogP contribution in [0.4, 0.5) is 5.69 Å². The number of benzene rings is 2. The van der Waals surface area contributed by atoms with Crippen molar-refractivity contribution in [2.45, 2.75) is 40.7 Å². The Morgan fingerprint density at radius 3 is 2.21 bits per heavy atom. The van der Waals surface area contributed by atoms with E-state index in [0.29, 0.717) is 11.1 Å². The molecule has 0 aromatic heterocycles. The quantitative estimate of drug-likeness (QED) is 0.672. The fraction of sp³-hybridized carbons (Fsp3) is 0.316. The second kappa shape index (κ2) is 6.83. The Bertz CT molecular complexity index is 812. The Morgan fingerprint density at radius 1 is 1.00 bits per heavy atom. The van der Waals surface area contributed by atoms with Gasteiger partial charge in [-0.2, -0.15) is 0 Å². The van der Waals surface area contributed by atoms with Crippen LogP contribution in [0, 0.1) is 37.8 Å². The first kappa shape index (κ1) is 17.7. The highest BCUT2D eigenvalue weighted by molar-refractivity contribution is 5.95. The maximum absolute atomic E-state index is 12.4. The maximum Gasteiger partial charge on any atom is 0.272 e. The summed E-state index contributed by atoms with van der Waals surface area (Å²) >= 11 is 0. The Hall–Kier alpha value is -2.69. The van der Waals surface area contributed by atoms with E-state index < -0.39 is 4.92 Å². The Morgan fingerprint density at radius 2 is 1.62 bits per heavy atom. The molecule has 1 atom stereocenters. The summed E-state index contributed by atoms with van der Waals surface area (Å²) in [6, 6.07) is 8.47. The van der Waals surface area contributed by atoms with Crippen molar-refractivity contribution in [1.29, 1.82) is 0 Å². The van der Waals surface area contributed by atoms with Gasteiger partial charge in [0.1, 0.15) is 0 Å². The number of carbonyl (C=O) groups excluding carboxylic acids is 1. The van der Waals surface area contributed by atoms with Gasteiger partial charge < -0.3 is 5.32 Å². The lowest BCUT2D eigenvalue weighted by Crippen LogP contribution is -2.27. The van der Waals surface area contributed by atoms with Crippen LogP contribution in [0.5, 0.6) is 0 Å². The predicted octanol–water partition coefficient (Wildman–Crippen LogP) is 4.32. The van der Waals surface area contributed by atoms with Crippen LogP contribution in [0.25, 0.3) is 0 Å². The van der Waals surface area contributed by atoms with Crippen LogP contribution in [0.3, 0.4) is 0 Å². The first-order valence-electron chi connectivity index (χ1n) is 7.84. The molecule has 0 bridgehead atoms. The van der Waals surface area contributed by atoms with Gasteiger partial charge in [0.2, 0.25) is 0 Å². The van der Waals surface area contributed by atoms with Gasteiger partial charge in [0, 0.05) is 17.2 Å². The molecular weight excluding hydrogens is 304 g/mol. The number of nitrogens with zero attached hydrogens (tertiary/aromatic N) is 1. The minimum Gasteiger partial charge on any atom is -0.346 e. The van der Waals surface area contributed by atoms with Gasteiger partial charge in [-0.1, -0.05) is 12.1 Å². The molecule has 0 aliphatic heterocycles. The highest BCUT2D eigenvalue weighted by Crippen LogP contribution is 2.23. The summed E-state index contributed by atoms with van der Waals surface area (Å²) in [4.78, 5) is 22.9. The van der Waals surface area contributed by atoms with Crippen LogP contribution >= 0.6 is 0 Å². The number of rotatable bonds is 4. The summed E-state index contributed by atoms with van der Waals surface area (Å²) in [5.74, 6) is -0.238. The first-order chi connectivity index (χ1) is 11.2. The lowest BCUT2D eigenvalue weighted by molar-refractivity contribution is -0.385. The van der Waals surface area contributed by atoms with E-state index in [4.69, 9.17) is 0 Å². The third-order valence-corrected chi connectivity index (χ3v) is 4.35. The number of hydrogen-bond acceptors (Lipinski definition) is 3. The number of nitro benzene ring substituents is 1. The zero-order valence-electron chi connectivity index (χ0n) is 14.6. The normalized spacial score (nSPS) is 11.9. The van der Waals surface area contributed by atoms with E-state index in [1.54, 1.807) is 13.0 Å². The van der Waals surface area contributed by atoms with Crippen LogP contribution < -0.4 is 5.32 Å². The molecule has 0 unspecified atom stereocenters. The molecule has 0 saturated heterocycles. The molecule has 1 amide bonds. The molecule has 2 rings (SSSR count). The molecule has 0 aliphatic rings. The molecule has 5 nitrogen and oxygen atoms in total. The first-order valence-corrected chi connectivity index (χ1v) is 7.84. The number of carbonyl (C=O) groups is 1. The highest BCUT2D eigenvalue weighted by atomic mass is 16.6. The Kier molecular flexibility index (Phi) is 5.02. The van der Waals surface area contributed by atoms with E-state index in [2.05, 4.69) is 24.4 Å². The van der Waals surface area contributed by atoms with Crippen molar-refractivity contribution < 1.29 is 9.72 Å². The van der Waals surface area contributed by atoms with Crippen molar-refractivity contribution in [1.82, 2.24) is 5.32 Å². The van der Waals surface area contributed by atoms with E-state index in [9.17, 15) is 14.9 Å². The summed E-state index contributed by atoms with van der Waals surface area (Å²) in [5, 5.41) is 13.8. The topological polar surface area (TPSA) is 72.2 Å². The van der Waals surface area contributed by atoms with Crippen LogP contribution in [-0.4, -0.2) is 10.8 Å². The van der Waals surface area contributed by atoms with Gasteiger partial charge in [-0.25, -0.2) is 0 Å². The largest absolute Gasteiger partial charge is 0.346 e. The minimum atomic E-state index is -0.446. The summed E-state index contributed by atoms with van der Waals surface area (Å²) in [6.45, 7) is 9.71. The SMILES string of the molecule is Cc1cc(C)c([C@H](C)NC(=O)c2ccc([N+](=O)[O-])c(C)c2)cc1C. The van der Waals surface area contributed by atoms with Crippen LogP contribution in [0.1, 0.15) is 51.1 Å². The summed E-state index contributed by atoms with van der Waals surface area (Å²) in [6.07, 6.45) is 0. The van der Waals surface area contributed by atoms with Crippen molar-refractivity contribution in [3.05, 3.63) is 73.8 Å². The second-order valence-corrected chi connectivity index (χ2v) is 6.25. The van der Waals surface area contributed by atoms with E-state index in [1.807, 2.05) is 20.8 Å². The minimum absolute atomic E-state index is 0.0182. The van der Waals surface area contributed by atoms with Gasteiger partial charge in [-0.15, -0.1) is 0 Å². The standard InChI is InChI=1S/C19H22N2O3/c1-11-8-13(3)17(10-12(11)2)15(5)20-19(22)16-6-7-18(21(23)24)14(4)9-16/h6-10,15H,1-5H3,(H,20,22)/t15-/m0/s1.